The van der Waals surface area contributed by atoms with Gasteiger partial charge >= 0.3 is 6.09 Å². The monoisotopic (exact) mass is 972 g/mol. The van der Waals surface area contributed by atoms with Gasteiger partial charge in [0, 0.05) is 24.6 Å². The first-order valence-electron chi connectivity index (χ1n) is 20.5. The molecule has 340 valence electrons. The van der Waals surface area contributed by atoms with Gasteiger partial charge in [0.1, 0.15) is 56.8 Å². The molecule has 4 amide bonds. The van der Waals surface area contributed by atoms with Crippen LogP contribution in [-0.4, -0.2) is 100 Å². The number of nitrogens with one attached hydrogen (secondary N) is 3. The third-order valence-electron chi connectivity index (χ3n) is 11.1. The predicted molar refractivity (Wildman–Crippen MR) is 239 cm³/mol. The number of furan rings is 1. The number of aromatic nitrogens is 2. The van der Waals surface area contributed by atoms with E-state index in [0.717, 1.165) is 0 Å². The number of thiazole rings is 1. The van der Waals surface area contributed by atoms with Crippen molar-refractivity contribution in [2.75, 3.05) is 13.7 Å². The van der Waals surface area contributed by atoms with E-state index in [1.807, 2.05) is 0 Å². The van der Waals surface area contributed by atoms with Crippen LogP contribution in [0, 0.1) is 11.3 Å². The van der Waals surface area contributed by atoms with E-state index in [1.54, 1.807) is 79.8 Å². The Kier molecular flexibility index (Phi) is 12.0. The lowest BCUT2D eigenvalue weighted by atomic mass is 9.85. The molecule has 0 bridgehead atoms. The highest BCUT2D eigenvalue weighted by atomic mass is 79.9. The minimum absolute atomic E-state index is 0.0853. The third-order valence-corrected chi connectivity index (χ3v) is 15.1. The highest BCUT2D eigenvalue weighted by Gasteiger charge is 2.62. The van der Waals surface area contributed by atoms with Crippen molar-refractivity contribution in [3.8, 4) is 22.1 Å². The van der Waals surface area contributed by atoms with Gasteiger partial charge in [0.25, 0.3) is 5.91 Å². The predicted octanol–water partition coefficient (Wildman–Crippen LogP) is 6.06. The van der Waals surface area contributed by atoms with Gasteiger partial charge in [-0.05, 0) is 87.4 Å². The van der Waals surface area contributed by atoms with Gasteiger partial charge < -0.3 is 39.3 Å². The molecule has 3 fully saturated rings. The molecule has 4 N–H and O–H groups in total. The number of sulfonamides is 1. The number of pyridine rings is 1. The van der Waals surface area contributed by atoms with Crippen LogP contribution in [0.3, 0.4) is 0 Å². The molecule has 4 aromatic rings. The molecular weight excluding hydrogens is 921 g/mol. The summed E-state index contributed by atoms with van der Waals surface area (Å²) in [6.07, 6.45) is 2.23. The Morgan fingerprint density at radius 2 is 1.81 bits per heavy atom. The Balaban J connectivity index is 1.28. The van der Waals surface area contributed by atoms with Crippen molar-refractivity contribution in [1.82, 2.24) is 30.2 Å². The van der Waals surface area contributed by atoms with Crippen LogP contribution in [0.1, 0.15) is 86.1 Å². The zero-order chi connectivity index (χ0) is 46.2. The number of benzene rings is 1. The number of fused-ring (bicyclic) bond motifs is 3. The number of aliphatic hydroxyl groups is 1. The summed E-state index contributed by atoms with van der Waals surface area (Å²) in [5.41, 5.74) is -3.03. The maximum Gasteiger partial charge on any atom is 0.408 e. The van der Waals surface area contributed by atoms with Gasteiger partial charge in [-0.1, -0.05) is 26.8 Å². The first-order valence-corrected chi connectivity index (χ1v) is 23.7. The van der Waals surface area contributed by atoms with E-state index in [0.29, 0.717) is 55.1 Å². The topological polar surface area (TPSA) is 229 Å². The van der Waals surface area contributed by atoms with Gasteiger partial charge in [0.2, 0.25) is 21.8 Å². The number of nitrogens with zero attached hydrogens (tertiary/aromatic N) is 3. The second kappa shape index (κ2) is 16.3. The van der Waals surface area contributed by atoms with Gasteiger partial charge in [0.05, 0.1) is 39.3 Å². The summed E-state index contributed by atoms with van der Waals surface area (Å²) in [5, 5.41) is 16.6. The number of hydrogen-bond acceptors (Lipinski definition) is 14. The zero-order valence-electron chi connectivity index (χ0n) is 36.6. The SMILES string of the molecule is C=C[C@@H]1C[C@]1(NC(=O)[C@@H]1C[C@@H](Oc2cc(-c3cnc(C(C)(C)O)s3)nc3c2oc2ccc(OC)c(Br)c23)CN1C(=O)[C@@H](NC(=O)OC(C)(C)C)C(C)(C)C)C(=O)NS(=O)(=O)C1CC1. The van der Waals surface area contributed by atoms with Gasteiger partial charge in [-0.3, -0.25) is 19.1 Å². The Morgan fingerprint density at radius 3 is 2.38 bits per heavy atom. The molecule has 20 heteroatoms. The largest absolute Gasteiger partial charge is 0.496 e. The highest BCUT2D eigenvalue weighted by Crippen LogP contribution is 2.47. The van der Waals surface area contributed by atoms with Crippen LogP contribution in [0.15, 0.2) is 45.9 Å². The average molecular weight is 974 g/mol. The third kappa shape index (κ3) is 9.40. The molecule has 17 nitrogen and oxygen atoms in total. The first-order chi connectivity index (χ1) is 29.3. The van der Waals surface area contributed by atoms with Crippen LogP contribution in [0.5, 0.6) is 11.5 Å². The summed E-state index contributed by atoms with van der Waals surface area (Å²) in [6.45, 7) is 17.3. The molecule has 3 aromatic heterocycles. The van der Waals surface area contributed by atoms with Crippen molar-refractivity contribution in [2.45, 2.75) is 121 Å². The number of rotatable bonds is 13. The molecule has 4 heterocycles. The Morgan fingerprint density at radius 1 is 1.11 bits per heavy atom. The van der Waals surface area contributed by atoms with Gasteiger partial charge in [-0.15, -0.1) is 17.9 Å². The van der Waals surface area contributed by atoms with E-state index in [-0.39, 0.29) is 30.7 Å². The quantitative estimate of drug-likeness (QED) is 0.112. The number of carbonyl (C=O) groups is 4. The maximum atomic E-state index is 14.8. The fraction of sp³-hybridized carbons (Fsp3) is 0.535. The second-order valence-electron chi connectivity index (χ2n) is 18.9. The molecular formula is C43H53BrN6O11S2. The van der Waals surface area contributed by atoms with E-state index in [1.165, 1.54) is 29.4 Å². The van der Waals surface area contributed by atoms with Crippen LogP contribution < -0.4 is 24.8 Å². The molecule has 0 unspecified atom stereocenters. The maximum absolute atomic E-state index is 14.8. The van der Waals surface area contributed by atoms with Crippen molar-refractivity contribution < 1.29 is 51.3 Å². The molecule has 2 aliphatic carbocycles. The van der Waals surface area contributed by atoms with Crippen LogP contribution >= 0.6 is 27.3 Å². The van der Waals surface area contributed by atoms with E-state index in [9.17, 15) is 32.7 Å². The first kappa shape index (κ1) is 46.2. The minimum Gasteiger partial charge on any atom is -0.496 e. The number of carbonyl (C=O) groups excluding carboxylic acids is 4. The molecule has 7 rings (SSSR count). The smallest absolute Gasteiger partial charge is 0.408 e. The Bertz CT molecular complexity index is 2620. The molecule has 1 aliphatic heterocycles. The standard InChI is InChI=1S/C43H53BrN6O11S2/c1-11-21-18-43(21,37(53)49-63(56,57)23-12-13-23)48-35(51)25-16-22(20-50(25)36(52)34(40(2,3)4)47-39(54)61-41(5,6)7)59-28-17-24(29-19-45-38(62-29)42(8,9)55)46-32-30-26(60-33(28)32)14-15-27(58-10)31(30)44/h11,14-15,17,19,21-23,25,34,55H,1,12-13,16,18,20H2,2-10H3,(H,47,54)(H,48,51)(H,49,53)/t21-,22-,25+,34-,43-/m1/s1. The fourth-order valence-electron chi connectivity index (χ4n) is 7.59. The molecule has 3 aliphatic rings. The number of hydrogen-bond donors (Lipinski definition) is 4. The van der Waals surface area contributed by atoms with Crippen LogP contribution in [0.25, 0.3) is 32.6 Å². The summed E-state index contributed by atoms with van der Waals surface area (Å²) in [5.74, 6) is -2.06. The van der Waals surface area contributed by atoms with Gasteiger partial charge in [0.15, 0.2) is 11.3 Å². The number of ether oxygens (including phenoxy) is 3. The summed E-state index contributed by atoms with van der Waals surface area (Å²) in [6, 6.07) is 2.69. The summed E-state index contributed by atoms with van der Waals surface area (Å²) in [4.78, 5) is 67.6. The van der Waals surface area contributed by atoms with E-state index < -0.39 is 85.3 Å². The lowest BCUT2D eigenvalue weighted by molar-refractivity contribution is -0.143. The number of alkyl carbamates (subject to hydrolysis) is 1. The number of methoxy groups -OCH3 is 1. The summed E-state index contributed by atoms with van der Waals surface area (Å²) >= 11 is 4.89. The molecule has 2 saturated carbocycles. The van der Waals surface area contributed by atoms with Crippen molar-refractivity contribution in [2.24, 2.45) is 11.3 Å². The van der Waals surface area contributed by atoms with Gasteiger partial charge in [-0.25, -0.2) is 23.2 Å². The Hall–Kier alpha value is -4.79. The summed E-state index contributed by atoms with van der Waals surface area (Å²) in [7, 11) is -2.42. The molecule has 0 radical (unpaired) electrons. The molecule has 1 aromatic carbocycles. The van der Waals surface area contributed by atoms with Crippen LogP contribution in [0.4, 0.5) is 4.79 Å². The molecule has 63 heavy (non-hydrogen) atoms. The van der Waals surface area contributed by atoms with Crippen LogP contribution in [0.2, 0.25) is 0 Å². The van der Waals surface area contributed by atoms with Crippen molar-refractivity contribution >= 4 is 83.2 Å². The van der Waals surface area contributed by atoms with E-state index >= 15 is 0 Å². The van der Waals surface area contributed by atoms with Crippen molar-refractivity contribution in [3.63, 3.8) is 0 Å². The lowest BCUT2D eigenvalue weighted by Crippen LogP contribution is -2.60. The normalized spacial score (nSPS) is 22.1. The number of likely N-dealkylation sites (tertiary alicyclic amines) is 1. The van der Waals surface area contributed by atoms with E-state index in [2.05, 4.69) is 42.8 Å². The highest BCUT2D eigenvalue weighted by molar-refractivity contribution is 9.10. The van der Waals surface area contributed by atoms with Crippen molar-refractivity contribution in [1.29, 1.82) is 0 Å². The molecule has 0 spiro atoms. The molecule has 1 saturated heterocycles. The average Bonchev–Trinajstić information content (AvgIpc) is 3.99. The van der Waals surface area contributed by atoms with Crippen molar-refractivity contribution in [3.05, 3.63) is 46.5 Å². The van der Waals surface area contributed by atoms with Crippen LogP contribution in [-0.2, 0) is 34.7 Å². The van der Waals surface area contributed by atoms with Gasteiger partial charge in [-0.2, -0.15) is 0 Å². The number of halogens is 1. The van der Waals surface area contributed by atoms with E-state index in [4.69, 9.17) is 23.6 Å². The zero-order valence-corrected chi connectivity index (χ0v) is 39.8. The summed E-state index contributed by atoms with van der Waals surface area (Å²) < 4.78 is 52.7. The lowest BCUT2D eigenvalue weighted by Gasteiger charge is -2.36. The second-order valence-corrected chi connectivity index (χ2v) is 22.7. The fourth-order valence-corrected chi connectivity index (χ4v) is 10.5. The number of amides is 4. The molecule has 5 atom stereocenters. The Labute approximate surface area is 377 Å². The minimum atomic E-state index is -3.96.